The minimum atomic E-state index is -0.666. The van der Waals surface area contributed by atoms with E-state index in [4.69, 9.17) is 10.00 Å². The van der Waals surface area contributed by atoms with E-state index in [1.807, 2.05) is 20.8 Å². The Balaban J connectivity index is 4.63. The number of hydrazine groups is 1. The summed E-state index contributed by atoms with van der Waals surface area (Å²) in [6, 6.07) is 2.08. The van der Waals surface area contributed by atoms with Gasteiger partial charge in [-0.3, -0.25) is 4.79 Å². The Morgan fingerprint density at radius 3 is 2.06 bits per heavy atom. The molecular weight excluding hydrogens is 230 g/mol. The van der Waals surface area contributed by atoms with Crippen LogP contribution in [0.1, 0.15) is 48.5 Å². The molecule has 0 saturated heterocycles. The molecule has 0 aromatic heterocycles. The van der Waals surface area contributed by atoms with Crippen molar-refractivity contribution in [2.75, 3.05) is 0 Å². The second kappa shape index (κ2) is 6.17. The fourth-order valence-corrected chi connectivity index (χ4v) is 0.904. The zero-order chi connectivity index (χ0) is 14.6. The van der Waals surface area contributed by atoms with Crippen LogP contribution >= 0.6 is 0 Å². The van der Waals surface area contributed by atoms with Crippen LogP contribution in [0.5, 0.6) is 0 Å². The van der Waals surface area contributed by atoms with Crippen molar-refractivity contribution < 1.29 is 9.53 Å². The lowest BCUT2D eigenvalue weighted by atomic mass is 9.97. The van der Waals surface area contributed by atoms with E-state index in [1.54, 1.807) is 27.7 Å². The van der Waals surface area contributed by atoms with Gasteiger partial charge in [0.1, 0.15) is 0 Å². The van der Waals surface area contributed by atoms with Crippen molar-refractivity contribution in [2.45, 2.75) is 60.2 Å². The van der Waals surface area contributed by atoms with Crippen molar-refractivity contribution in [3.63, 3.8) is 0 Å². The molecule has 18 heavy (non-hydrogen) atoms. The molecule has 2 N–H and O–H groups in total. The van der Waals surface area contributed by atoms with Gasteiger partial charge < -0.3 is 4.74 Å². The maximum atomic E-state index is 11.8. The first-order valence-electron chi connectivity index (χ1n) is 6.11. The number of hydrogen-bond acceptors (Lipinski definition) is 5. The summed E-state index contributed by atoms with van der Waals surface area (Å²) in [6.45, 7) is 13.0. The van der Waals surface area contributed by atoms with Crippen molar-refractivity contribution in [1.82, 2.24) is 10.9 Å². The van der Waals surface area contributed by atoms with Crippen LogP contribution in [0.2, 0.25) is 0 Å². The Labute approximate surface area is 110 Å². The number of nitrogens with zero attached hydrogens (tertiary/aromatic N) is 1. The zero-order valence-corrected chi connectivity index (χ0v) is 12.4. The molecule has 0 aliphatic carbocycles. The predicted molar refractivity (Wildman–Crippen MR) is 70.1 cm³/mol. The number of nitriles is 1. The number of carbonyl (C=O) groups excluding carboxylic acids is 1. The van der Waals surface area contributed by atoms with Gasteiger partial charge in [0, 0.05) is 5.54 Å². The highest BCUT2D eigenvalue weighted by atomic mass is 16.6. The zero-order valence-electron chi connectivity index (χ0n) is 12.4. The molecule has 0 radical (unpaired) electrons. The first kappa shape index (κ1) is 16.9. The molecule has 0 amide bonds. The minimum Gasteiger partial charge on any atom is -0.443 e. The van der Waals surface area contributed by atoms with Crippen LogP contribution in [0, 0.1) is 22.7 Å². The highest BCUT2D eigenvalue weighted by Gasteiger charge is 2.29. The highest BCUT2D eigenvalue weighted by Crippen LogP contribution is 2.17. The number of ether oxygens (including phenoxy) is 1. The number of rotatable bonds is 4. The minimum absolute atomic E-state index is 0.179. The molecule has 0 aromatic rings. The van der Waals surface area contributed by atoms with Gasteiger partial charge in [-0.2, -0.15) is 5.26 Å². The molecule has 2 unspecified atom stereocenters. The molecule has 2 atom stereocenters. The lowest BCUT2D eigenvalue weighted by Gasteiger charge is -2.29. The first-order chi connectivity index (χ1) is 7.97. The molecule has 0 aliphatic heterocycles. The molecule has 0 bridgehead atoms. The van der Waals surface area contributed by atoms with Gasteiger partial charge in [0.2, 0.25) is 0 Å². The number of carbonyl (C=O) groups is 1. The lowest BCUT2D eigenvalue weighted by Crippen LogP contribution is -2.54. The molecular formula is C13H25N3O2. The van der Waals surface area contributed by atoms with Crippen LogP contribution < -0.4 is 10.9 Å². The number of esters is 1. The molecule has 0 spiro atoms. The van der Waals surface area contributed by atoms with Gasteiger partial charge in [-0.25, -0.2) is 10.9 Å². The lowest BCUT2D eigenvalue weighted by molar-refractivity contribution is -0.163. The third kappa shape index (κ3) is 6.58. The SMILES string of the molecule is CC(C#N)C(NNC(C)(C)C)OC(=O)C(C)(C)C. The molecule has 0 rings (SSSR count). The normalized spacial score (nSPS) is 15.7. The Kier molecular flexibility index (Phi) is 5.78. The van der Waals surface area contributed by atoms with Crippen LogP contribution in [0.25, 0.3) is 0 Å². The molecule has 0 heterocycles. The summed E-state index contributed by atoms with van der Waals surface area (Å²) < 4.78 is 5.33. The van der Waals surface area contributed by atoms with Crippen molar-refractivity contribution in [1.29, 1.82) is 5.26 Å². The predicted octanol–water partition coefficient (Wildman–Crippen LogP) is 1.95. The Bertz CT molecular complexity index is 321. The Morgan fingerprint density at radius 1 is 1.22 bits per heavy atom. The van der Waals surface area contributed by atoms with E-state index in [1.165, 1.54) is 0 Å². The van der Waals surface area contributed by atoms with Gasteiger partial charge in [0.05, 0.1) is 17.4 Å². The standard InChI is InChI=1S/C13H25N3O2/c1-9(8-14)10(15-16-13(5,6)7)18-11(17)12(2,3)4/h9-10,15-16H,1-7H3. The monoisotopic (exact) mass is 255 g/mol. The van der Waals surface area contributed by atoms with E-state index >= 15 is 0 Å². The van der Waals surface area contributed by atoms with Crippen LogP contribution in [-0.2, 0) is 9.53 Å². The van der Waals surface area contributed by atoms with Crippen molar-refractivity contribution in [2.24, 2.45) is 11.3 Å². The van der Waals surface area contributed by atoms with E-state index in [0.717, 1.165) is 0 Å². The van der Waals surface area contributed by atoms with Gasteiger partial charge in [-0.15, -0.1) is 0 Å². The van der Waals surface area contributed by atoms with E-state index in [2.05, 4.69) is 16.9 Å². The molecule has 5 nitrogen and oxygen atoms in total. The topological polar surface area (TPSA) is 74.2 Å². The summed E-state index contributed by atoms with van der Waals surface area (Å²) in [7, 11) is 0. The van der Waals surface area contributed by atoms with Crippen molar-refractivity contribution >= 4 is 5.97 Å². The van der Waals surface area contributed by atoms with Gasteiger partial charge in [-0.1, -0.05) is 0 Å². The molecule has 0 saturated carbocycles. The molecule has 5 heteroatoms. The molecule has 0 aliphatic rings. The van der Waals surface area contributed by atoms with Crippen LogP contribution in [0.15, 0.2) is 0 Å². The quantitative estimate of drug-likeness (QED) is 0.456. The maximum Gasteiger partial charge on any atom is 0.312 e. The highest BCUT2D eigenvalue weighted by molar-refractivity contribution is 5.75. The van der Waals surface area contributed by atoms with Crippen LogP contribution in [-0.4, -0.2) is 17.7 Å². The fourth-order valence-electron chi connectivity index (χ4n) is 0.904. The largest absolute Gasteiger partial charge is 0.443 e. The average molecular weight is 255 g/mol. The molecule has 0 aromatic carbocycles. The van der Waals surface area contributed by atoms with Gasteiger partial charge in [0.15, 0.2) is 6.23 Å². The van der Waals surface area contributed by atoms with Crippen LogP contribution in [0.3, 0.4) is 0 Å². The Morgan fingerprint density at radius 2 is 1.72 bits per heavy atom. The maximum absolute atomic E-state index is 11.8. The van der Waals surface area contributed by atoms with Gasteiger partial charge in [-0.05, 0) is 48.5 Å². The van der Waals surface area contributed by atoms with E-state index < -0.39 is 17.6 Å². The third-order valence-electron chi connectivity index (χ3n) is 2.09. The fraction of sp³-hybridized carbons (Fsp3) is 0.846. The summed E-state index contributed by atoms with van der Waals surface area (Å²) in [6.07, 6.45) is -0.666. The van der Waals surface area contributed by atoms with Gasteiger partial charge >= 0.3 is 5.97 Å². The summed E-state index contributed by atoms with van der Waals surface area (Å²) in [5.41, 5.74) is 5.15. The smallest absolute Gasteiger partial charge is 0.312 e. The molecule has 104 valence electrons. The van der Waals surface area contributed by atoms with E-state index in [-0.39, 0.29) is 11.5 Å². The van der Waals surface area contributed by atoms with E-state index in [9.17, 15) is 4.79 Å². The van der Waals surface area contributed by atoms with Crippen molar-refractivity contribution in [3.05, 3.63) is 0 Å². The third-order valence-corrected chi connectivity index (χ3v) is 2.09. The summed E-state index contributed by atoms with van der Waals surface area (Å²) in [5.74, 6) is -0.774. The Hall–Kier alpha value is -1.12. The second-order valence-electron chi connectivity index (χ2n) is 6.51. The average Bonchev–Trinajstić information content (AvgIpc) is 2.19. The number of nitrogens with one attached hydrogen (secondary N) is 2. The summed E-state index contributed by atoms with van der Waals surface area (Å²) in [5, 5.41) is 8.94. The molecule has 0 fully saturated rings. The summed E-state index contributed by atoms with van der Waals surface area (Å²) in [4.78, 5) is 11.8. The summed E-state index contributed by atoms with van der Waals surface area (Å²) >= 11 is 0. The van der Waals surface area contributed by atoms with E-state index in [0.29, 0.717) is 0 Å². The van der Waals surface area contributed by atoms with Crippen LogP contribution in [0.4, 0.5) is 0 Å². The van der Waals surface area contributed by atoms with Gasteiger partial charge in [0.25, 0.3) is 0 Å². The van der Waals surface area contributed by atoms with Crippen molar-refractivity contribution in [3.8, 4) is 6.07 Å². The number of hydrogen-bond donors (Lipinski definition) is 2. The first-order valence-corrected chi connectivity index (χ1v) is 6.11. The second-order valence-corrected chi connectivity index (χ2v) is 6.51.